The quantitative estimate of drug-likeness (QED) is 0.912. The maximum absolute atomic E-state index is 12.9. The molecule has 2 aromatic heterocycles. The topological polar surface area (TPSA) is 58.4 Å². The summed E-state index contributed by atoms with van der Waals surface area (Å²) in [5, 5.41) is 3.30. The SMILES string of the molecule is Cl.O=C(C1CCNCC1)N(Cc1cccnc1)Cc1ccco1. The highest BCUT2D eigenvalue weighted by Gasteiger charge is 2.26. The molecule has 124 valence electrons. The molecule has 1 fully saturated rings. The van der Waals surface area contributed by atoms with E-state index >= 15 is 0 Å². The Morgan fingerprint density at radius 1 is 1.26 bits per heavy atom. The van der Waals surface area contributed by atoms with E-state index in [2.05, 4.69) is 10.3 Å². The van der Waals surface area contributed by atoms with Gasteiger partial charge in [-0.05, 0) is 49.7 Å². The van der Waals surface area contributed by atoms with Gasteiger partial charge in [-0.3, -0.25) is 9.78 Å². The van der Waals surface area contributed by atoms with E-state index in [9.17, 15) is 4.79 Å². The lowest BCUT2D eigenvalue weighted by molar-refractivity contribution is -0.138. The second kappa shape index (κ2) is 8.70. The molecule has 0 atom stereocenters. The second-order valence-corrected chi connectivity index (χ2v) is 5.66. The average molecular weight is 336 g/mol. The number of carbonyl (C=O) groups excluding carboxylic acids is 1. The van der Waals surface area contributed by atoms with Gasteiger partial charge in [-0.2, -0.15) is 0 Å². The minimum atomic E-state index is 0. The van der Waals surface area contributed by atoms with Crippen molar-refractivity contribution in [3.05, 3.63) is 54.2 Å². The summed E-state index contributed by atoms with van der Waals surface area (Å²) < 4.78 is 5.42. The fraction of sp³-hybridized carbons (Fsp3) is 0.412. The van der Waals surface area contributed by atoms with Crippen LogP contribution in [-0.2, 0) is 17.9 Å². The van der Waals surface area contributed by atoms with Gasteiger partial charge in [0, 0.05) is 24.9 Å². The van der Waals surface area contributed by atoms with Crippen LogP contribution in [0, 0.1) is 5.92 Å². The summed E-state index contributed by atoms with van der Waals surface area (Å²) in [5.74, 6) is 1.13. The summed E-state index contributed by atoms with van der Waals surface area (Å²) >= 11 is 0. The lowest BCUT2D eigenvalue weighted by atomic mass is 9.96. The van der Waals surface area contributed by atoms with Gasteiger partial charge < -0.3 is 14.6 Å². The van der Waals surface area contributed by atoms with Crippen LogP contribution < -0.4 is 5.32 Å². The number of rotatable bonds is 5. The molecule has 1 saturated heterocycles. The Kier molecular flexibility index (Phi) is 6.62. The summed E-state index contributed by atoms with van der Waals surface area (Å²) in [4.78, 5) is 18.9. The number of piperidine rings is 1. The highest BCUT2D eigenvalue weighted by Crippen LogP contribution is 2.19. The van der Waals surface area contributed by atoms with Gasteiger partial charge in [-0.25, -0.2) is 0 Å². The van der Waals surface area contributed by atoms with Crippen LogP contribution in [0.25, 0.3) is 0 Å². The zero-order valence-electron chi connectivity index (χ0n) is 13.0. The number of nitrogens with zero attached hydrogens (tertiary/aromatic N) is 2. The molecule has 1 N–H and O–H groups in total. The molecule has 3 heterocycles. The Balaban J connectivity index is 0.00000192. The molecule has 23 heavy (non-hydrogen) atoms. The number of amides is 1. The van der Waals surface area contributed by atoms with Gasteiger partial charge in [0.05, 0.1) is 12.8 Å². The van der Waals surface area contributed by atoms with Gasteiger partial charge in [0.15, 0.2) is 0 Å². The van der Waals surface area contributed by atoms with Crippen molar-refractivity contribution in [2.75, 3.05) is 13.1 Å². The van der Waals surface area contributed by atoms with Crippen LogP contribution in [0.5, 0.6) is 0 Å². The molecule has 0 radical (unpaired) electrons. The van der Waals surface area contributed by atoms with E-state index in [0.717, 1.165) is 37.3 Å². The van der Waals surface area contributed by atoms with Crippen molar-refractivity contribution >= 4 is 18.3 Å². The molecule has 2 aromatic rings. The van der Waals surface area contributed by atoms with Crippen LogP contribution in [0.4, 0.5) is 0 Å². The van der Waals surface area contributed by atoms with Gasteiger partial charge in [0.25, 0.3) is 0 Å². The Morgan fingerprint density at radius 3 is 2.74 bits per heavy atom. The first kappa shape index (κ1) is 17.5. The van der Waals surface area contributed by atoms with Crippen molar-refractivity contribution in [3.63, 3.8) is 0 Å². The monoisotopic (exact) mass is 335 g/mol. The van der Waals surface area contributed by atoms with Gasteiger partial charge in [0.1, 0.15) is 5.76 Å². The predicted molar refractivity (Wildman–Crippen MR) is 90.0 cm³/mol. The van der Waals surface area contributed by atoms with Crippen LogP contribution in [0.1, 0.15) is 24.2 Å². The Bertz CT molecular complexity index is 583. The number of pyridine rings is 1. The first-order valence-electron chi connectivity index (χ1n) is 7.74. The van der Waals surface area contributed by atoms with Crippen LogP contribution in [0.2, 0.25) is 0 Å². The fourth-order valence-corrected chi connectivity index (χ4v) is 2.84. The molecule has 0 bridgehead atoms. The maximum Gasteiger partial charge on any atom is 0.226 e. The lowest BCUT2D eigenvalue weighted by Crippen LogP contribution is -2.40. The highest BCUT2D eigenvalue weighted by atomic mass is 35.5. The Hall–Kier alpha value is -1.85. The van der Waals surface area contributed by atoms with Crippen molar-refractivity contribution in [2.45, 2.75) is 25.9 Å². The molecular formula is C17H22ClN3O2. The van der Waals surface area contributed by atoms with Crippen molar-refractivity contribution in [1.29, 1.82) is 0 Å². The molecule has 6 heteroatoms. The van der Waals surface area contributed by atoms with E-state index in [-0.39, 0.29) is 24.2 Å². The van der Waals surface area contributed by atoms with E-state index in [4.69, 9.17) is 4.42 Å². The minimum absolute atomic E-state index is 0. The third-order valence-corrected chi connectivity index (χ3v) is 4.02. The number of hydrogen-bond acceptors (Lipinski definition) is 4. The largest absolute Gasteiger partial charge is 0.467 e. The maximum atomic E-state index is 12.9. The Labute approximate surface area is 142 Å². The van der Waals surface area contributed by atoms with Gasteiger partial charge in [-0.1, -0.05) is 6.07 Å². The van der Waals surface area contributed by atoms with Gasteiger partial charge >= 0.3 is 0 Å². The van der Waals surface area contributed by atoms with Crippen LogP contribution >= 0.6 is 12.4 Å². The number of furan rings is 1. The highest BCUT2D eigenvalue weighted by molar-refractivity contribution is 5.85. The smallest absolute Gasteiger partial charge is 0.226 e. The van der Waals surface area contributed by atoms with Crippen molar-refractivity contribution in [1.82, 2.24) is 15.2 Å². The molecule has 0 aliphatic carbocycles. The number of hydrogen-bond donors (Lipinski definition) is 1. The zero-order valence-corrected chi connectivity index (χ0v) is 13.8. The standard InChI is InChI=1S/C17H21N3O2.ClH/c21-17(15-5-8-18-9-6-15)20(13-16-4-2-10-22-16)12-14-3-1-7-19-11-14;/h1-4,7,10-11,15,18H,5-6,8-9,12-13H2;1H. The van der Waals surface area contributed by atoms with Crippen molar-refractivity contribution < 1.29 is 9.21 Å². The summed E-state index contributed by atoms with van der Waals surface area (Å²) in [7, 11) is 0. The van der Waals surface area contributed by atoms with Crippen LogP contribution in [0.15, 0.2) is 47.3 Å². The van der Waals surface area contributed by atoms with Crippen molar-refractivity contribution in [3.8, 4) is 0 Å². The fourth-order valence-electron chi connectivity index (χ4n) is 2.84. The summed E-state index contributed by atoms with van der Waals surface area (Å²) in [6.07, 6.45) is 7.01. The number of nitrogens with one attached hydrogen (secondary N) is 1. The van der Waals surface area contributed by atoms with Crippen LogP contribution in [0.3, 0.4) is 0 Å². The van der Waals surface area contributed by atoms with E-state index in [1.165, 1.54) is 0 Å². The summed E-state index contributed by atoms with van der Waals surface area (Å²) in [6, 6.07) is 7.66. The average Bonchev–Trinajstić information content (AvgIpc) is 3.08. The first-order chi connectivity index (χ1) is 10.8. The van der Waals surface area contributed by atoms with Crippen LogP contribution in [-0.4, -0.2) is 28.9 Å². The normalized spacial score (nSPS) is 15.0. The van der Waals surface area contributed by atoms with Gasteiger partial charge in [0.2, 0.25) is 5.91 Å². The van der Waals surface area contributed by atoms with Gasteiger partial charge in [-0.15, -0.1) is 12.4 Å². The molecule has 1 aliphatic rings. The summed E-state index contributed by atoms with van der Waals surface area (Å²) in [6.45, 7) is 2.90. The molecular weight excluding hydrogens is 314 g/mol. The van der Waals surface area contributed by atoms with E-state index < -0.39 is 0 Å². The van der Waals surface area contributed by atoms with E-state index in [1.807, 2.05) is 35.4 Å². The van der Waals surface area contributed by atoms with E-state index in [0.29, 0.717) is 13.1 Å². The first-order valence-corrected chi connectivity index (χ1v) is 7.74. The molecule has 1 amide bonds. The number of carbonyl (C=O) groups is 1. The third-order valence-electron chi connectivity index (χ3n) is 4.02. The zero-order chi connectivity index (χ0) is 15.2. The van der Waals surface area contributed by atoms with Crippen molar-refractivity contribution in [2.24, 2.45) is 5.92 Å². The molecule has 0 saturated carbocycles. The predicted octanol–water partition coefficient (Wildman–Crippen LogP) is 2.62. The molecule has 1 aliphatic heterocycles. The second-order valence-electron chi connectivity index (χ2n) is 5.66. The molecule has 5 nitrogen and oxygen atoms in total. The molecule has 0 spiro atoms. The summed E-state index contributed by atoms with van der Waals surface area (Å²) in [5.41, 5.74) is 1.04. The number of halogens is 1. The molecule has 3 rings (SSSR count). The minimum Gasteiger partial charge on any atom is -0.467 e. The Morgan fingerprint density at radius 2 is 2.09 bits per heavy atom. The molecule has 0 aromatic carbocycles. The number of aromatic nitrogens is 1. The lowest BCUT2D eigenvalue weighted by Gasteiger charge is -2.29. The molecule has 0 unspecified atom stereocenters. The van der Waals surface area contributed by atoms with E-state index in [1.54, 1.807) is 12.5 Å². The third kappa shape index (κ3) is 4.81.